The number of anilines is 1. The van der Waals surface area contributed by atoms with Gasteiger partial charge in [-0.25, -0.2) is 4.79 Å². The van der Waals surface area contributed by atoms with Crippen molar-refractivity contribution in [3.63, 3.8) is 0 Å². The van der Waals surface area contributed by atoms with Gasteiger partial charge < -0.3 is 29.1 Å². The number of amides is 1. The Kier molecular flexibility index (Phi) is 8.02. The molecule has 186 valence electrons. The molecule has 1 atom stereocenters. The number of carbonyl (C=O) groups excluding carboxylic acids is 2. The first-order valence-corrected chi connectivity index (χ1v) is 11.3. The number of carbonyl (C=O) groups is 2. The summed E-state index contributed by atoms with van der Waals surface area (Å²) in [5.41, 5.74) is 2.92. The van der Waals surface area contributed by atoms with Crippen molar-refractivity contribution in [2.24, 2.45) is 5.16 Å². The summed E-state index contributed by atoms with van der Waals surface area (Å²) in [6.07, 6.45) is -1.02. The number of hydrogen-bond acceptors (Lipinski definition) is 8. The number of fused-ring (bicyclic) bond motifs is 1. The van der Waals surface area contributed by atoms with Gasteiger partial charge in [0.1, 0.15) is 12.4 Å². The Morgan fingerprint density at radius 1 is 1.00 bits per heavy atom. The molecule has 0 aromatic heterocycles. The van der Waals surface area contributed by atoms with E-state index >= 15 is 0 Å². The molecule has 0 fully saturated rings. The molecule has 0 unspecified atom stereocenters. The summed E-state index contributed by atoms with van der Waals surface area (Å²) in [7, 11) is 0. The van der Waals surface area contributed by atoms with Gasteiger partial charge in [0.2, 0.25) is 13.4 Å². The third-order valence-corrected chi connectivity index (χ3v) is 5.22. The SMILES string of the molecule is C/C(=N/OCC(=O)O[C@@H](C)C(=O)Nc1ccc(OCc2ccccc2)cc1)c1ccc2c(c1)OCO2. The van der Waals surface area contributed by atoms with Crippen molar-refractivity contribution in [2.75, 3.05) is 18.7 Å². The second-order valence-electron chi connectivity index (χ2n) is 7.94. The maximum atomic E-state index is 12.4. The van der Waals surface area contributed by atoms with Crippen LogP contribution in [0.5, 0.6) is 17.2 Å². The highest BCUT2D eigenvalue weighted by Crippen LogP contribution is 2.32. The third-order valence-electron chi connectivity index (χ3n) is 5.22. The van der Waals surface area contributed by atoms with Crippen LogP contribution in [0.2, 0.25) is 0 Å². The van der Waals surface area contributed by atoms with Gasteiger partial charge in [-0.05, 0) is 61.9 Å². The van der Waals surface area contributed by atoms with E-state index in [0.29, 0.717) is 35.3 Å². The molecule has 9 heteroatoms. The molecule has 1 N–H and O–H groups in total. The molecule has 0 saturated carbocycles. The lowest BCUT2D eigenvalue weighted by Crippen LogP contribution is -2.31. The van der Waals surface area contributed by atoms with Crippen molar-refractivity contribution in [3.05, 3.63) is 83.9 Å². The Balaban J connectivity index is 1.19. The van der Waals surface area contributed by atoms with Gasteiger partial charge in [0.05, 0.1) is 5.71 Å². The van der Waals surface area contributed by atoms with Gasteiger partial charge in [0, 0.05) is 11.3 Å². The minimum atomic E-state index is -1.02. The van der Waals surface area contributed by atoms with Crippen molar-refractivity contribution < 1.29 is 33.4 Å². The molecule has 0 bridgehead atoms. The zero-order chi connectivity index (χ0) is 25.3. The van der Waals surface area contributed by atoms with Crippen LogP contribution >= 0.6 is 0 Å². The zero-order valence-corrected chi connectivity index (χ0v) is 19.9. The van der Waals surface area contributed by atoms with Gasteiger partial charge in [-0.15, -0.1) is 0 Å². The molecule has 1 amide bonds. The largest absolute Gasteiger partial charge is 0.489 e. The molecular formula is C27H26N2O7. The first-order valence-electron chi connectivity index (χ1n) is 11.3. The van der Waals surface area contributed by atoms with E-state index in [2.05, 4.69) is 10.5 Å². The number of nitrogens with zero attached hydrogens (tertiary/aromatic N) is 1. The van der Waals surface area contributed by atoms with Crippen LogP contribution in [0.4, 0.5) is 5.69 Å². The first-order chi connectivity index (χ1) is 17.5. The molecule has 9 nitrogen and oxygen atoms in total. The Bertz CT molecular complexity index is 1230. The van der Waals surface area contributed by atoms with Gasteiger partial charge in [-0.1, -0.05) is 35.5 Å². The number of hydrogen-bond donors (Lipinski definition) is 1. The number of oxime groups is 1. The lowest BCUT2D eigenvalue weighted by atomic mass is 10.1. The predicted molar refractivity (Wildman–Crippen MR) is 132 cm³/mol. The Hall–Kier alpha value is -4.53. The molecule has 1 aliphatic heterocycles. The van der Waals surface area contributed by atoms with Crippen LogP contribution in [0.25, 0.3) is 0 Å². The Morgan fingerprint density at radius 3 is 2.53 bits per heavy atom. The first kappa shape index (κ1) is 24.6. The van der Waals surface area contributed by atoms with Crippen LogP contribution in [0.15, 0.2) is 78.0 Å². The van der Waals surface area contributed by atoms with Gasteiger partial charge in [0.15, 0.2) is 17.6 Å². The van der Waals surface area contributed by atoms with Crippen LogP contribution in [-0.2, 0) is 25.8 Å². The van der Waals surface area contributed by atoms with E-state index in [1.165, 1.54) is 6.92 Å². The summed E-state index contributed by atoms with van der Waals surface area (Å²) in [5, 5.41) is 6.63. The van der Waals surface area contributed by atoms with Crippen LogP contribution < -0.4 is 19.5 Å². The fourth-order valence-electron chi connectivity index (χ4n) is 3.26. The average molecular weight is 491 g/mol. The number of esters is 1. The summed E-state index contributed by atoms with van der Waals surface area (Å²) in [6.45, 7) is 3.40. The predicted octanol–water partition coefficient (Wildman–Crippen LogP) is 4.31. The third kappa shape index (κ3) is 6.75. The maximum Gasteiger partial charge on any atom is 0.347 e. The Morgan fingerprint density at radius 2 is 1.75 bits per heavy atom. The second-order valence-corrected chi connectivity index (χ2v) is 7.94. The minimum absolute atomic E-state index is 0.178. The van der Waals surface area contributed by atoms with Crippen molar-refractivity contribution in [1.82, 2.24) is 0 Å². The van der Waals surface area contributed by atoms with Gasteiger partial charge >= 0.3 is 5.97 Å². The van der Waals surface area contributed by atoms with E-state index in [1.54, 1.807) is 43.3 Å². The zero-order valence-electron chi connectivity index (χ0n) is 19.9. The normalized spacial score (nSPS) is 13.0. The summed E-state index contributed by atoms with van der Waals surface area (Å²) in [4.78, 5) is 29.6. The lowest BCUT2D eigenvalue weighted by Gasteiger charge is -2.13. The quantitative estimate of drug-likeness (QED) is 0.257. The molecule has 1 aliphatic rings. The summed E-state index contributed by atoms with van der Waals surface area (Å²) in [5.74, 6) is 0.766. The van der Waals surface area contributed by atoms with Crippen molar-refractivity contribution in [1.29, 1.82) is 0 Å². The van der Waals surface area contributed by atoms with E-state index < -0.39 is 24.6 Å². The smallest absolute Gasteiger partial charge is 0.347 e. The fraction of sp³-hybridized carbons (Fsp3) is 0.222. The molecule has 0 radical (unpaired) electrons. The molecule has 3 aromatic rings. The monoisotopic (exact) mass is 490 g/mol. The lowest BCUT2D eigenvalue weighted by molar-refractivity contribution is -0.157. The standard InChI is InChI=1S/C27H26N2O7/c1-18(21-8-13-24-25(14-21)34-17-33-24)29-35-16-26(30)36-19(2)27(31)28-22-9-11-23(12-10-22)32-15-20-6-4-3-5-7-20/h3-14,19H,15-17H2,1-2H3,(H,28,31)/b29-18-/t19-/m0/s1. The molecule has 0 aliphatic carbocycles. The number of ether oxygens (including phenoxy) is 4. The van der Waals surface area contributed by atoms with Gasteiger partial charge in [-0.2, -0.15) is 0 Å². The van der Waals surface area contributed by atoms with Crippen LogP contribution in [0, 0.1) is 0 Å². The summed E-state index contributed by atoms with van der Waals surface area (Å²) in [6, 6.07) is 22.1. The van der Waals surface area contributed by atoms with Gasteiger partial charge in [0.25, 0.3) is 5.91 Å². The highest BCUT2D eigenvalue weighted by atomic mass is 16.7. The van der Waals surface area contributed by atoms with Crippen molar-refractivity contribution in [3.8, 4) is 17.2 Å². The average Bonchev–Trinajstić information content (AvgIpc) is 3.37. The second kappa shape index (κ2) is 11.7. The van der Waals surface area contributed by atoms with Crippen LogP contribution in [0.3, 0.4) is 0 Å². The molecule has 0 saturated heterocycles. The topological polar surface area (TPSA) is 105 Å². The van der Waals surface area contributed by atoms with E-state index in [0.717, 1.165) is 11.1 Å². The molecule has 3 aromatic carbocycles. The fourth-order valence-corrected chi connectivity index (χ4v) is 3.26. The molecular weight excluding hydrogens is 464 g/mol. The van der Waals surface area contributed by atoms with Crippen molar-refractivity contribution in [2.45, 2.75) is 26.6 Å². The van der Waals surface area contributed by atoms with Crippen LogP contribution in [0.1, 0.15) is 25.0 Å². The highest BCUT2D eigenvalue weighted by Gasteiger charge is 2.19. The van der Waals surface area contributed by atoms with E-state index in [1.807, 2.05) is 36.4 Å². The Labute approximate surface area is 208 Å². The van der Waals surface area contributed by atoms with E-state index in [-0.39, 0.29) is 6.79 Å². The number of rotatable bonds is 10. The number of benzene rings is 3. The molecule has 4 rings (SSSR count). The molecule has 0 spiro atoms. The van der Waals surface area contributed by atoms with Gasteiger partial charge in [-0.3, -0.25) is 4.79 Å². The van der Waals surface area contributed by atoms with E-state index in [9.17, 15) is 9.59 Å². The minimum Gasteiger partial charge on any atom is -0.489 e. The maximum absolute atomic E-state index is 12.4. The number of nitrogens with one attached hydrogen (secondary N) is 1. The highest BCUT2D eigenvalue weighted by molar-refractivity contribution is 5.99. The summed E-state index contributed by atoms with van der Waals surface area (Å²) >= 11 is 0. The summed E-state index contributed by atoms with van der Waals surface area (Å²) < 4.78 is 21.5. The van der Waals surface area contributed by atoms with E-state index in [4.69, 9.17) is 23.8 Å². The van der Waals surface area contributed by atoms with Crippen LogP contribution in [-0.4, -0.2) is 37.1 Å². The molecule has 36 heavy (non-hydrogen) atoms. The molecule has 1 heterocycles. The van der Waals surface area contributed by atoms with Crippen molar-refractivity contribution >= 4 is 23.3 Å².